The van der Waals surface area contributed by atoms with E-state index in [0.29, 0.717) is 15.8 Å². The van der Waals surface area contributed by atoms with Crippen LogP contribution < -0.4 is 9.46 Å². The van der Waals surface area contributed by atoms with Crippen molar-refractivity contribution in [3.8, 4) is 5.75 Å². The number of rotatable bonds is 8. The zero-order valence-corrected chi connectivity index (χ0v) is 23.1. The molecule has 1 spiro atoms. The molecule has 1 heterocycles. The first-order chi connectivity index (χ1) is 17.5. The van der Waals surface area contributed by atoms with Gasteiger partial charge in [0.1, 0.15) is 11.6 Å². The molecule has 2 aromatic rings. The van der Waals surface area contributed by atoms with Gasteiger partial charge in [-0.25, -0.2) is 17.5 Å². The predicted octanol–water partition coefficient (Wildman–Crippen LogP) is 5.57. The van der Waals surface area contributed by atoms with Gasteiger partial charge in [-0.1, -0.05) is 23.2 Å². The van der Waals surface area contributed by atoms with Crippen LogP contribution in [0.15, 0.2) is 30.3 Å². The van der Waals surface area contributed by atoms with Crippen LogP contribution in [0.5, 0.6) is 5.75 Å². The summed E-state index contributed by atoms with van der Waals surface area (Å²) >= 11 is 12.2. The number of ether oxygens (including phenoxy) is 1. The fourth-order valence-electron chi connectivity index (χ4n) is 5.66. The largest absolute Gasteiger partial charge is 0.490 e. The van der Waals surface area contributed by atoms with Crippen molar-refractivity contribution in [2.24, 2.45) is 5.41 Å². The highest BCUT2D eigenvalue weighted by molar-refractivity contribution is 7.89. The summed E-state index contributed by atoms with van der Waals surface area (Å²) in [5, 5.41) is 1.33. The van der Waals surface area contributed by atoms with Gasteiger partial charge in [0.2, 0.25) is 10.0 Å². The lowest BCUT2D eigenvalue weighted by atomic mass is 9.61. The Balaban J connectivity index is 1.15. The molecular weight excluding hydrogens is 538 g/mol. The second-order valence-corrected chi connectivity index (χ2v) is 13.5. The Bertz CT molecular complexity index is 1280. The average Bonchev–Trinajstić information content (AvgIpc) is 3.61. The Labute approximate surface area is 227 Å². The van der Waals surface area contributed by atoms with E-state index in [0.717, 1.165) is 82.0 Å². The number of nitrogens with one attached hydrogen (secondary N) is 1. The summed E-state index contributed by atoms with van der Waals surface area (Å²) in [5.74, 6) is -1.04. The quantitative estimate of drug-likeness (QED) is 0.450. The molecule has 1 N–H and O–H groups in total. The van der Waals surface area contributed by atoms with Crippen LogP contribution in [-0.2, 0) is 16.4 Å². The first-order valence-electron chi connectivity index (χ1n) is 12.7. The highest BCUT2D eigenvalue weighted by Crippen LogP contribution is 2.52. The van der Waals surface area contributed by atoms with E-state index in [1.807, 2.05) is 16.9 Å². The van der Waals surface area contributed by atoms with Crippen LogP contribution in [0.2, 0.25) is 10.0 Å². The van der Waals surface area contributed by atoms with Gasteiger partial charge in [0.25, 0.3) is 5.91 Å². The molecule has 1 saturated heterocycles. The van der Waals surface area contributed by atoms with Gasteiger partial charge in [-0.05, 0) is 105 Å². The first kappa shape index (κ1) is 26.7. The van der Waals surface area contributed by atoms with E-state index in [2.05, 4.69) is 4.90 Å². The number of hydrogen-bond donors (Lipinski definition) is 1. The third-order valence-corrected chi connectivity index (χ3v) is 8.80. The molecule has 1 aliphatic heterocycles. The number of carbonyl (C=O) groups is 1. The summed E-state index contributed by atoms with van der Waals surface area (Å²) in [6, 6.07) is 8.40. The maximum absolute atomic E-state index is 14.8. The fraction of sp³-hybridized carbons (Fsp3) is 0.519. The zero-order valence-electron chi connectivity index (χ0n) is 20.7. The number of piperidine rings is 1. The van der Waals surface area contributed by atoms with Gasteiger partial charge in [0.05, 0.1) is 17.9 Å². The van der Waals surface area contributed by atoms with Gasteiger partial charge in [-0.15, -0.1) is 0 Å². The molecule has 2 saturated carbocycles. The summed E-state index contributed by atoms with van der Waals surface area (Å²) < 4.78 is 45.7. The number of nitrogens with zero attached hydrogens (tertiary/aromatic N) is 1. The standard InChI is InChI=1S/C27H31Cl2FN2O4S/c1-37(34,35)31-26(33)23-13-22(18-2-3-18)25(14-24(23)30)36-21-15-27(16-21)5-8-32(9-6-27)7-4-17-10-19(28)12-20(29)11-17/h10-14,18,21H,2-9,15-16H2,1H3,(H,31,33). The topological polar surface area (TPSA) is 75.7 Å². The van der Waals surface area contributed by atoms with E-state index in [1.165, 1.54) is 12.1 Å². The molecular formula is C27H31Cl2FN2O4S. The van der Waals surface area contributed by atoms with Crippen molar-refractivity contribution in [1.29, 1.82) is 0 Å². The van der Waals surface area contributed by atoms with Gasteiger partial charge in [-0.3, -0.25) is 4.79 Å². The van der Waals surface area contributed by atoms with Crippen molar-refractivity contribution in [1.82, 2.24) is 9.62 Å². The molecule has 3 aliphatic rings. The highest BCUT2D eigenvalue weighted by atomic mass is 35.5. The molecule has 0 aromatic heterocycles. The van der Waals surface area contributed by atoms with E-state index >= 15 is 0 Å². The van der Waals surface area contributed by atoms with Gasteiger partial charge in [0.15, 0.2) is 0 Å². The SMILES string of the molecule is CS(=O)(=O)NC(=O)c1cc(C2CC2)c(OC2CC3(CCN(CCc4cc(Cl)cc(Cl)c4)CC3)C2)cc1F. The molecule has 1 amide bonds. The Morgan fingerprint density at radius 2 is 1.76 bits per heavy atom. The molecule has 3 fully saturated rings. The van der Waals surface area contributed by atoms with Crippen LogP contribution in [0, 0.1) is 11.2 Å². The second-order valence-electron chi connectivity index (χ2n) is 10.9. The third kappa shape index (κ3) is 6.59. The number of amides is 1. The van der Waals surface area contributed by atoms with Crippen molar-refractivity contribution in [3.63, 3.8) is 0 Å². The molecule has 0 unspecified atom stereocenters. The normalized spacial score (nSPS) is 20.0. The average molecular weight is 570 g/mol. The van der Waals surface area contributed by atoms with Gasteiger partial charge < -0.3 is 9.64 Å². The van der Waals surface area contributed by atoms with Crippen molar-refractivity contribution in [2.45, 2.75) is 57.0 Å². The molecule has 2 aliphatic carbocycles. The molecule has 2 aromatic carbocycles. The van der Waals surface area contributed by atoms with Crippen LogP contribution in [0.25, 0.3) is 0 Å². The van der Waals surface area contributed by atoms with Crippen molar-refractivity contribution in [3.05, 3.63) is 62.9 Å². The molecule has 10 heteroatoms. The van der Waals surface area contributed by atoms with E-state index in [1.54, 1.807) is 6.07 Å². The Hall–Kier alpha value is -1.87. The summed E-state index contributed by atoms with van der Waals surface area (Å²) in [4.78, 5) is 14.8. The fourth-order valence-corrected chi connectivity index (χ4v) is 6.67. The summed E-state index contributed by atoms with van der Waals surface area (Å²) in [5.41, 5.74) is 1.94. The van der Waals surface area contributed by atoms with Crippen LogP contribution in [0.4, 0.5) is 4.39 Å². The minimum absolute atomic E-state index is 0.0211. The van der Waals surface area contributed by atoms with Gasteiger partial charge in [-0.2, -0.15) is 0 Å². The number of benzene rings is 2. The number of halogens is 3. The molecule has 0 radical (unpaired) electrons. The Morgan fingerprint density at radius 3 is 2.35 bits per heavy atom. The van der Waals surface area contributed by atoms with Crippen molar-refractivity contribution < 1.29 is 22.3 Å². The summed E-state index contributed by atoms with van der Waals surface area (Å²) in [6.07, 6.45) is 7.78. The lowest BCUT2D eigenvalue weighted by Crippen LogP contribution is -2.51. The minimum Gasteiger partial charge on any atom is -0.490 e. The molecule has 37 heavy (non-hydrogen) atoms. The monoisotopic (exact) mass is 568 g/mol. The molecule has 200 valence electrons. The maximum atomic E-state index is 14.8. The van der Waals surface area contributed by atoms with E-state index in [-0.39, 0.29) is 23.0 Å². The predicted molar refractivity (Wildman–Crippen MR) is 143 cm³/mol. The molecule has 0 atom stereocenters. The van der Waals surface area contributed by atoms with Crippen LogP contribution >= 0.6 is 23.2 Å². The van der Waals surface area contributed by atoms with Crippen molar-refractivity contribution >= 4 is 39.1 Å². The smallest absolute Gasteiger partial charge is 0.267 e. The van der Waals surface area contributed by atoms with E-state index < -0.39 is 21.7 Å². The third-order valence-electron chi connectivity index (χ3n) is 7.81. The maximum Gasteiger partial charge on any atom is 0.267 e. The lowest BCUT2D eigenvalue weighted by Gasteiger charge is -2.52. The zero-order chi connectivity index (χ0) is 26.4. The molecule has 6 nitrogen and oxygen atoms in total. The van der Waals surface area contributed by atoms with E-state index in [9.17, 15) is 17.6 Å². The van der Waals surface area contributed by atoms with Crippen LogP contribution in [0.1, 0.15) is 65.9 Å². The Kier molecular flexibility index (Phi) is 7.48. The number of likely N-dealkylation sites (tertiary alicyclic amines) is 1. The number of hydrogen-bond acceptors (Lipinski definition) is 5. The molecule has 5 rings (SSSR count). The second kappa shape index (κ2) is 10.4. The summed E-state index contributed by atoms with van der Waals surface area (Å²) in [7, 11) is -3.78. The van der Waals surface area contributed by atoms with Crippen LogP contribution in [0.3, 0.4) is 0 Å². The van der Waals surface area contributed by atoms with Gasteiger partial charge in [0, 0.05) is 22.7 Å². The van der Waals surface area contributed by atoms with E-state index in [4.69, 9.17) is 27.9 Å². The lowest BCUT2D eigenvalue weighted by molar-refractivity contribution is -0.0554. The minimum atomic E-state index is -3.78. The molecule has 0 bridgehead atoms. The Morgan fingerprint density at radius 1 is 1.11 bits per heavy atom. The summed E-state index contributed by atoms with van der Waals surface area (Å²) in [6.45, 7) is 3.04. The highest BCUT2D eigenvalue weighted by Gasteiger charge is 2.47. The number of sulfonamides is 1. The first-order valence-corrected chi connectivity index (χ1v) is 15.3. The van der Waals surface area contributed by atoms with Crippen LogP contribution in [-0.4, -0.2) is 51.2 Å². The van der Waals surface area contributed by atoms with Crippen molar-refractivity contribution in [2.75, 3.05) is 25.9 Å². The van der Waals surface area contributed by atoms with Gasteiger partial charge >= 0.3 is 0 Å². The number of carbonyl (C=O) groups excluding carboxylic acids is 1.